The number of alkyl halides is 1. The molecule has 1 aliphatic rings. The largest absolute Gasteiger partial charge is 0.497 e. The van der Waals surface area contributed by atoms with Gasteiger partial charge >= 0.3 is 0 Å². The summed E-state index contributed by atoms with van der Waals surface area (Å²) in [6.07, 6.45) is 2.10. The van der Waals surface area contributed by atoms with Crippen LogP contribution in [0, 0.1) is 0 Å². The van der Waals surface area contributed by atoms with E-state index in [1.807, 2.05) is 12.1 Å². The number of hydrogen-bond acceptors (Lipinski definition) is 2. The summed E-state index contributed by atoms with van der Waals surface area (Å²) in [5, 5.41) is 3.86. The first kappa shape index (κ1) is 11.5. The number of rotatable bonds is 4. The van der Waals surface area contributed by atoms with Gasteiger partial charge in [0.2, 0.25) is 0 Å². The van der Waals surface area contributed by atoms with Gasteiger partial charge in [0.05, 0.1) is 12.6 Å². The second kappa shape index (κ2) is 4.45. The van der Waals surface area contributed by atoms with Crippen molar-refractivity contribution >= 4 is 21.8 Å². The fraction of sp³-hybridized carbons (Fsp3) is 0.417. The molecule has 1 aliphatic carbocycles. The molecule has 1 aromatic carbocycles. The summed E-state index contributed by atoms with van der Waals surface area (Å²) in [6, 6.07) is 7.19. The lowest BCUT2D eigenvalue weighted by molar-refractivity contribution is 0.0936. The predicted octanol–water partition coefficient (Wildman–Crippen LogP) is 2.35. The summed E-state index contributed by atoms with van der Waals surface area (Å²) in [5.41, 5.74) is 0.631. The highest BCUT2D eigenvalue weighted by Crippen LogP contribution is 2.37. The SMILES string of the molecule is COc1cccc(C(=O)NC2(CBr)CC2)c1. The molecule has 0 bridgehead atoms. The van der Waals surface area contributed by atoms with Crippen molar-refractivity contribution in [1.29, 1.82) is 0 Å². The summed E-state index contributed by atoms with van der Waals surface area (Å²) in [7, 11) is 1.60. The molecule has 0 radical (unpaired) electrons. The number of carbonyl (C=O) groups is 1. The van der Waals surface area contributed by atoms with Crippen molar-refractivity contribution in [2.24, 2.45) is 0 Å². The van der Waals surface area contributed by atoms with E-state index in [1.165, 1.54) is 0 Å². The second-order valence-electron chi connectivity index (χ2n) is 4.10. The van der Waals surface area contributed by atoms with Gasteiger partial charge in [-0.15, -0.1) is 0 Å². The highest BCUT2D eigenvalue weighted by atomic mass is 79.9. The summed E-state index contributed by atoms with van der Waals surface area (Å²) in [5.74, 6) is 0.673. The highest BCUT2D eigenvalue weighted by Gasteiger charge is 2.42. The quantitative estimate of drug-likeness (QED) is 0.862. The molecule has 1 amide bonds. The van der Waals surface area contributed by atoms with Crippen molar-refractivity contribution < 1.29 is 9.53 Å². The Kier molecular flexibility index (Phi) is 3.19. The lowest BCUT2D eigenvalue weighted by Crippen LogP contribution is -2.38. The number of amides is 1. The molecule has 0 heterocycles. The molecule has 4 heteroatoms. The Bertz CT molecular complexity index is 402. The van der Waals surface area contributed by atoms with E-state index >= 15 is 0 Å². The Morgan fingerprint density at radius 2 is 2.31 bits per heavy atom. The first-order chi connectivity index (χ1) is 7.69. The minimum Gasteiger partial charge on any atom is -0.497 e. The van der Waals surface area contributed by atoms with Crippen LogP contribution in [0.2, 0.25) is 0 Å². The van der Waals surface area contributed by atoms with Crippen LogP contribution in [0.3, 0.4) is 0 Å². The van der Waals surface area contributed by atoms with Gasteiger partial charge < -0.3 is 10.1 Å². The maximum Gasteiger partial charge on any atom is 0.251 e. The molecule has 16 heavy (non-hydrogen) atoms. The van der Waals surface area contributed by atoms with E-state index in [-0.39, 0.29) is 11.4 Å². The Balaban J connectivity index is 2.08. The Hall–Kier alpha value is -1.03. The van der Waals surface area contributed by atoms with Gasteiger partial charge in [0, 0.05) is 10.9 Å². The van der Waals surface area contributed by atoms with Crippen LogP contribution in [-0.2, 0) is 0 Å². The van der Waals surface area contributed by atoms with Crippen LogP contribution >= 0.6 is 15.9 Å². The highest BCUT2D eigenvalue weighted by molar-refractivity contribution is 9.09. The number of halogens is 1. The Morgan fingerprint density at radius 3 is 2.88 bits per heavy atom. The molecule has 0 atom stereocenters. The average molecular weight is 284 g/mol. The van der Waals surface area contributed by atoms with E-state index in [0.29, 0.717) is 11.3 Å². The topological polar surface area (TPSA) is 38.3 Å². The van der Waals surface area contributed by atoms with Crippen molar-refractivity contribution in [3.8, 4) is 5.75 Å². The zero-order chi connectivity index (χ0) is 11.6. The van der Waals surface area contributed by atoms with Gasteiger partial charge in [0.25, 0.3) is 5.91 Å². The van der Waals surface area contributed by atoms with Crippen molar-refractivity contribution in [3.05, 3.63) is 29.8 Å². The van der Waals surface area contributed by atoms with Gasteiger partial charge in [-0.25, -0.2) is 0 Å². The van der Waals surface area contributed by atoms with Crippen LogP contribution in [-0.4, -0.2) is 23.9 Å². The van der Waals surface area contributed by atoms with Crippen LogP contribution in [0.4, 0.5) is 0 Å². The molecule has 0 saturated heterocycles. The zero-order valence-electron chi connectivity index (χ0n) is 9.13. The van der Waals surface area contributed by atoms with Gasteiger partial charge in [-0.1, -0.05) is 22.0 Å². The monoisotopic (exact) mass is 283 g/mol. The van der Waals surface area contributed by atoms with Gasteiger partial charge in [-0.3, -0.25) is 4.79 Å². The van der Waals surface area contributed by atoms with Gasteiger partial charge in [-0.05, 0) is 31.0 Å². The number of carbonyl (C=O) groups excluding carboxylic acids is 1. The molecule has 1 fully saturated rings. The van der Waals surface area contributed by atoms with Crippen LogP contribution in [0.15, 0.2) is 24.3 Å². The summed E-state index contributed by atoms with van der Waals surface area (Å²) in [6.45, 7) is 0. The molecule has 2 rings (SSSR count). The molecule has 0 unspecified atom stereocenters. The smallest absolute Gasteiger partial charge is 0.251 e. The van der Waals surface area contributed by atoms with E-state index in [4.69, 9.17) is 4.74 Å². The van der Waals surface area contributed by atoms with E-state index in [2.05, 4.69) is 21.2 Å². The number of benzene rings is 1. The van der Waals surface area contributed by atoms with Crippen LogP contribution in [0.1, 0.15) is 23.2 Å². The molecule has 86 valence electrons. The molecule has 0 aliphatic heterocycles. The fourth-order valence-corrected chi connectivity index (χ4v) is 2.22. The Morgan fingerprint density at radius 1 is 1.56 bits per heavy atom. The molecule has 1 aromatic rings. The summed E-state index contributed by atoms with van der Waals surface area (Å²) < 4.78 is 5.09. The third kappa shape index (κ3) is 2.38. The van der Waals surface area contributed by atoms with Crippen LogP contribution < -0.4 is 10.1 Å². The average Bonchev–Trinajstić information content (AvgIpc) is 3.09. The van der Waals surface area contributed by atoms with Crippen molar-refractivity contribution in [2.45, 2.75) is 18.4 Å². The standard InChI is InChI=1S/C12H14BrNO2/c1-16-10-4-2-3-9(7-10)11(15)14-12(8-13)5-6-12/h2-4,7H,5-6,8H2,1H3,(H,14,15). The first-order valence-electron chi connectivity index (χ1n) is 5.22. The number of methoxy groups -OCH3 is 1. The summed E-state index contributed by atoms with van der Waals surface area (Å²) in [4.78, 5) is 11.9. The molecule has 3 nitrogen and oxygen atoms in total. The molecule has 1 saturated carbocycles. The molecule has 0 spiro atoms. The minimum atomic E-state index is -0.0316. The summed E-state index contributed by atoms with van der Waals surface area (Å²) >= 11 is 3.42. The third-order valence-electron chi connectivity index (χ3n) is 2.82. The fourth-order valence-electron chi connectivity index (χ4n) is 1.52. The minimum absolute atomic E-state index is 0.0137. The number of nitrogens with one attached hydrogen (secondary N) is 1. The molecular weight excluding hydrogens is 270 g/mol. The van der Waals surface area contributed by atoms with E-state index in [0.717, 1.165) is 18.2 Å². The zero-order valence-corrected chi connectivity index (χ0v) is 10.7. The maximum atomic E-state index is 11.9. The van der Waals surface area contributed by atoms with Crippen molar-refractivity contribution in [2.75, 3.05) is 12.4 Å². The van der Waals surface area contributed by atoms with E-state index in [9.17, 15) is 4.79 Å². The van der Waals surface area contributed by atoms with Crippen LogP contribution in [0.5, 0.6) is 5.75 Å². The molecule has 1 N–H and O–H groups in total. The van der Waals surface area contributed by atoms with E-state index in [1.54, 1.807) is 19.2 Å². The van der Waals surface area contributed by atoms with Crippen molar-refractivity contribution in [1.82, 2.24) is 5.32 Å². The van der Waals surface area contributed by atoms with E-state index < -0.39 is 0 Å². The molecular formula is C12H14BrNO2. The predicted molar refractivity (Wildman–Crippen MR) is 66.2 cm³/mol. The lowest BCUT2D eigenvalue weighted by Gasteiger charge is -2.14. The number of hydrogen-bond donors (Lipinski definition) is 1. The second-order valence-corrected chi connectivity index (χ2v) is 4.66. The first-order valence-corrected chi connectivity index (χ1v) is 6.34. The normalized spacial score (nSPS) is 16.6. The van der Waals surface area contributed by atoms with Gasteiger partial charge in [-0.2, -0.15) is 0 Å². The van der Waals surface area contributed by atoms with Gasteiger partial charge in [0.15, 0.2) is 0 Å². The van der Waals surface area contributed by atoms with Gasteiger partial charge in [0.1, 0.15) is 5.75 Å². The molecule has 0 aromatic heterocycles. The lowest BCUT2D eigenvalue weighted by atomic mass is 10.2. The Labute approximate surface area is 103 Å². The number of ether oxygens (including phenoxy) is 1. The maximum absolute atomic E-state index is 11.9. The third-order valence-corrected chi connectivity index (χ3v) is 3.89. The van der Waals surface area contributed by atoms with Crippen LogP contribution in [0.25, 0.3) is 0 Å². The van der Waals surface area contributed by atoms with Crippen molar-refractivity contribution in [3.63, 3.8) is 0 Å².